The van der Waals surface area contributed by atoms with Crippen molar-refractivity contribution in [3.05, 3.63) is 42.5 Å². The molecule has 0 unspecified atom stereocenters. The lowest BCUT2D eigenvalue weighted by Gasteiger charge is -2.24. The van der Waals surface area contributed by atoms with Gasteiger partial charge in [-0.15, -0.1) is 6.42 Å². The number of esters is 1. The van der Waals surface area contributed by atoms with Gasteiger partial charge in [-0.2, -0.15) is 5.09 Å². The lowest BCUT2D eigenvalue weighted by atomic mass is 9.97. The van der Waals surface area contributed by atoms with E-state index in [0.717, 1.165) is 0 Å². The number of para-hydroxylation sites is 1. The Morgan fingerprint density at radius 1 is 1.38 bits per heavy atom. The molecule has 2 aromatic heterocycles. The van der Waals surface area contributed by atoms with E-state index in [1.54, 1.807) is 32.2 Å². The van der Waals surface area contributed by atoms with Crippen LogP contribution in [0.25, 0.3) is 11.2 Å². The largest absolute Gasteiger partial charge is 0.468 e. The first-order valence-corrected chi connectivity index (χ1v) is 13.3. The van der Waals surface area contributed by atoms with E-state index in [1.165, 1.54) is 37.1 Å². The van der Waals surface area contributed by atoms with Crippen LogP contribution >= 0.6 is 7.75 Å². The maximum atomic E-state index is 16.1. The van der Waals surface area contributed by atoms with Crippen molar-refractivity contribution in [3.8, 4) is 18.1 Å². The van der Waals surface area contributed by atoms with Crippen LogP contribution in [0, 0.1) is 19.3 Å². The summed E-state index contributed by atoms with van der Waals surface area (Å²) in [6.07, 6.45) is 1.92. The maximum Gasteiger partial charge on any atom is 0.459 e. The number of terminal acetylenes is 1. The Kier molecular flexibility index (Phi) is 8.20. The number of hydrogen-bond acceptors (Lipinski definition) is 11. The Bertz CT molecular complexity index is 1430. The molecule has 3 N–H and O–H groups in total. The molecule has 15 heteroatoms. The third-order valence-corrected chi connectivity index (χ3v) is 7.62. The first kappa shape index (κ1) is 28.4. The van der Waals surface area contributed by atoms with Crippen LogP contribution in [0.2, 0.25) is 0 Å². The van der Waals surface area contributed by atoms with Gasteiger partial charge in [0.05, 0.1) is 20.0 Å². The molecule has 1 aliphatic rings. The van der Waals surface area contributed by atoms with Gasteiger partial charge in [0.25, 0.3) is 0 Å². The predicted octanol–water partition coefficient (Wildman–Crippen LogP) is 2.13. The Morgan fingerprint density at radius 2 is 2.10 bits per heavy atom. The summed E-state index contributed by atoms with van der Waals surface area (Å²) in [6.45, 7) is 2.42. The van der Waals surface area contributed by atoms with Crippen molar-refractivity contribution < 1.29 is 37.4 Å². The third-order valence-electron chi connectivity index (χ3n) is 5.97. The molecule has 1 aromatic carbocycles. The van der Waals surface area contributed by atoms with E-state index in [-0.39, 0.29) is 11.4 Å². The van der Waals surface area contributed by atoms with Gasteiger partial charge in [0.2, 0.25) is 5.67 Å². The van der Waals surface area contributed by atoms with E-state index in [0.29, 0.717) is 17.2 Å². The minimum Gasteiger partial charge on any atom is -0.468 e. The number of nitrogens with zero attached hydrogens (tertiary/aromatic N) is 4. The average molecular weight is 562 g/mol. The van der Waals surface area contributed by atoms with Crippen LogP contribution in [0.15, 0.2) is 36.7 Å². The van der Waals surface area contributed by atoms with E-state index < -0.39 is 50.5 Å². The first-order chi connectivity index (χ1) is 18.5. The number of anilines is 1. The summed E-state index contributed by atoms with van der Waals surface area (Å²) in [4.78, 5) is 24.8. The summed E-state index contributed by atoms with van der Waals surface area (Å²) in [5, 5.41) is 16.2. The number of aliphatic hydroxyl groups is 1. The Morgan fingerprint density at radius 3 is 2.74 bits per heavy atom. The molecule has 1 aliphatic heterocycles. The number of aryl methyl sites for hydroxylation is 1. The van der Waals surface area contributed by atoms with E-state index in [4.69, 9.17) is 20.2 Å². The normalized spacial score (nSPS) is 25.0. The van der Waals surface area contributed by atoms with Gasteiger partial charge >= 0.3 is 13.7 Å². The highest BCUT2D eigenvalue weighted by molar-refractivity contribution is 7.52. The lowest BCUT2D eigenvalue weighted by Crippen LogP contribution is -2.42. The predicted molar refractivity (Wildman–Crippen MR) is 137 cm³/mol. The fourth-order valence-electron chi connectivity index (χ4n) is 4.03. The number of aromatic nitrogens is 4. The smallest absolute Gasteiger partial charge is 0.459 e. The molecule has 3 heterocycles. The SMILES string of the molecule is C#C[C@@]1(F)[C@H](O)[C@@H](CO[P@@](=O)(N[C@H](C)C(=O)OC)Oc2ccccc2)O[C@H]1n1cnc2c(NC)nc(C)nc21. The molecule has 39 heavy (non-hydrogen) atoms. The van der Waals surface area contributed by atoms with Gasteiger partial charge in [-0.1, -0.05) is 24.1 Å². The number of carbonyl (C=O) groups is 1. The molecule has 0 amide bonds. The van der Waals surface area contributed by atoms with Crippen LogP contribution in [0.5, 0.6) is 5.75 Å². The first-order valence-electron chi connectivity index (χ1n) is 11.8. The number of halogens is 1. The van der Waals surface area contributed by atoms with Gasteiger partial charge in [0.1, 0.15) is 29.8 Å². The maximum absolute atomic E-state index is 16.1. The molecule has 0 saturated carbocycles. The zero-order valence-corrected chi connectivity index (χ0v) is 22.5. The molecule has 0 bridgehead atoms. The van der Waals surface area contributed by atoms with Crippen molar-refractivity contribution in [2.24, 2.45) is 0 Å². The molecule has 208 valence electrons. The number of fused-ring (bicyclic) bond motifs is 1. The fourth-order valence-corrected chi connectivity index (χ4v) is 5.53. The van der Waals surface area contributed by atoms with Gasteiger partial charge in [0, 0.05) is 7.05 Å². The van der Waals surface area contributed by atoms with E-state index in [2.05, 4.69) is 30.1 Å². The summed E-state index contributed by atoms with van der Waals surface area (Å²) in [7, 11) is -1.48. The number of aliphatic hydroxyl groups excluding tert-OH is 1. The summed E-state index contributed by atoms with van der Waals surface area (Å²) >= 11 is 0. The number of imidazole rings is 1. The molecular formula is C24H28FN6O7P. The van der Waals surface area contributed by atoms with Crippen molar-refractivity contribution in [1.82, 2.24) is 24.6 Å². The molecule has 1 fully saturated rings. The number of methoxy groups -OCH3 is 1. The molecule has 3 aromatic rings. The molecule has 6 atom stereocenters. The van der Waals surface area contributed by atoms with Crippen LogP contribution < -0.4 is 14.9 Å². The molecule has 4 rings (SSSR count). The fraction of sp³-hybridized carbons (Fsp3) is 0.417. The number of alkyl halides is 1. The number of ether oxygens (including phenoxy) is 2. The number of benzene rings is 1. The van der Waals surface area contributed by atoms with Gasteiger partial charge in [-0.25, -0.2) is 23.9 Å². The standard InChI is InChI=1S/C24H28FN6O7P/c1-6-24(25)19(32)17(37-23(24)31-13-27-18-20(26-4)28-15(3)29-21(18)31)12-36-39(34,30-14(2)22(33)35-5)38-16-10-8-7-9-11-16/h1,7-11,13-14,17,19,23,32H,12H2,2-5H3,(H,30,34)(H,26,28,29)/t14-,17-,19-,23-,24-,39+/m1/s1. The monoisotopic (exact) mass is 562 g/mol. The zero-order valence-electron chi connectivity index (χ0n) is 21.6. The quantitative estimate of drug-likeness (QED) is 0.188. The van der Waals surface area contributed by atoms with Crippen molar-refractivity contribution in [2.45, 2.75) is 44.0 Å². The van der Waals surface area contributed by atoms with Crippen LogP contribution in [-0.4, -0.2) is 75.3 Å². The highest BCUT2D eigenvalue weighted by atomic mass is 31.2. The van der Waals surface area contributed by atoms with E-state index in [1.807, 2.05) is 5.92 Å². The number of nitrogens with one attached hydrogen (secondary N) is 2. The van der Waals surface area contributed by atoms with Gasteiger partial charge in [0.15, 0.2) is 23.2 Å². The zero-order chi connectivity index (χ0) is 28.4. The van der Waals surface area contributed by atoms with Crippen molar-refractivity contribution in [3.63, 3.8) is 0 Å². The Labute approximate surface area is 223 Å². The molecule has 13 nitrogen and oxygen atoms in total. The second-order valence-electron chi connectivity index (χ2n) is 8.65. The number of rotatable bonds is 10. The Hall–Kier alpha value is -3.60. The number of carbonyl (C=O) groups excluding carboxylic acids is 1. The topological polar surface area (TPSA) is 159 Å². The highest BCUT2D eigenvalue weighted by Crippen LogP contribution is 2.48. The van der Waals surface area contributed by atoms with Crippen LogP contribution in [0.4, 0.5) is 10.2 Å². The summed E-state index contributed by atoms with van der Waals surface area (Å²) in [6, 6.07) is 6.95. The summed E-state index contributed by atoms with van der Waals surface area (Å²) in [5.74, 6) is 2.20. The minimum absolute atomic E-state index is 0.167. The molecule has 0 radical (unpaired) electrons. The summed E-state index contributed by atoms with van der Waals surface area (Å²) in [5.41, 5.74) is -2.19. The molecular weight excluding hydrogens is 534 g/mol. The van der Waals surface area contributed by atoms with Gasteiger partial charge < -0.3 is 24.4 Å². The highest BCUT2D eigenvalue weighted by Gasteiger charge is 2.58. The van der Waals surface area contributed by atoms with E-state index in [9.17, 15) is 14.5 Å². The molecule has 1 saturated heterocycles. The van der Waals surface area contributed by atoms with Crippen LogP contribution in [0.1, 0.15) is 19.0 Å². The minimum atomic E-state index is -4.29. The summed E-state index contributed by atoms with van der Waals surface area (Å²) < 4.78 is 52.5. The Balaban J connectivity index is 1.61. The van der Waals surface area contributed by atoms with Gasteiger partial charge in [-0.3, -0.25) is 13.9 Å². The van der Waals surface area contributed by atoms with Crippen molar-refractivity contribution in [1.29, 1.82) is 0 Å². The van der Waals surface area contributed by atoms with Crippen LogP contribution in [0.3, 0.4) is 0 Å². The molecule has 0 spiro atoms. The second-order valence-corrected chi connectivity index (χ2v) is 10.3. The third kappa shape index (κ3) is 5.59. The van der Waals surface area contributed by atoms with Crippen LogP contribution in [-0.2, 0) is 23.4 Å². The second kappa shape index (κ2) is 11.3. The lowest BCUT2D eigenvalue weighted by molar-refractivity contribution is -0.142. The average Bonchev–Trinajstić information content (AvgIpc) is 3.45. The van der Waals surface area contributed by atoms with Crippen molar-refractivity contribution >= 4 is 30.7 Å². The van der Waals surface area contributed by atoms with Gasteiger partial charge in [-0.05, 0) is 26.0 Å². The molecule has 0 aliphatic carbocycles. The van der Waals surface area contributed by atoms with Crippen molar-refractivity contribution in [2.75, 3.05) is 26.1 Å². The van der Waals surface area contributed by atoms with E-state index >= 15 is 4.39 Å². The number of hydrogen-bond donors (Lipinski definition) is 3.